The minimum Gasteiger partial charge on any atom is -0.496 e. The molecule has 0 spiro atoms. The number of hydrogen-bond acceptors (Lipinski definition) is 5. The Balaban J connectivity index is 2.90. The molecular formula is C13H17N3O5. The summed E-state index contributed by atoms with van der Waals surface area (Å²) >= 11 is 0. The van der Waals surface area contributed by atoms with Crippen LogP contribution in [0, 0.1) is 0 Å². The zero-order valence-corrected chi connectivity index (χ0v) is 11.5. The van der Waals surface area contributed by atoms with Crippen molar-refractivity contribution >= 4 is 5.97 Å². The summed E-state index contributed by atoms with van der Waals surface area (Å²) in [5, 5.41) is 32.0. The van der Waals surface area contributed by atoms with Crippen molar-refractivity contribution in [1.82, 2.24) is 0 Å². The number of ether oxygens (including phenoxy) is 1. The molecule has 0 saturated heterocycles. The van der Waals surface area contributed by atoms with Crippen LogP contribution in [0.1, 0.15) is 23.7 Å². The first kappa shape index (κ1) is 16.8. The standard InChI is InChI=1S/C13H17N3O5/c1-21-11-3-2-8(6-9(11)7-12(18)19)13(20)10(17)4-5-15-16-14/h2-3,6,10,13,17,20H,4-5,7H2,1H3,(H,18,19). The molecule has 3 N–H and O–H groups in total. The van der Waals surface area contributed by atoms with Crippen molar-refractivity contribution in [2.45, 2.75) is 25.0 Å². The summed E-state index contributed by atoms with van der Waals surface area (Å²) < 4.78 is 5.06. The molecule has 114 valence electrons. The highest BCUT2D eigenvalue weighted by Crippen LogP contribution is 2.26. The number of carboxylic acids is 1. The Kier molecular flexibility index (Phi) is 6.48. The lowest BCUT2D eigenvalue weighted by Crippen LogP contribution is -2.19. The van der Waals surface area contributed by atoms with E-state index >= 15 is 0 Å². The van der Waals surface area contributed by atoms with Crippen molar-refractivity contribution in [3.8, 4) is 5.75 Å². The summed E-state index contributed by atoms with van der Waals surface area (Å²) in [6.07, 6.45) is -2.46. The van der Waals surface area contributed by atoms with E-state index in [4.69, 9.17) is 15.4 Å². The molecule has 2 unspecified atom stereocenters. The summed E-state index contributed by atoms with van der Waals surface area (Å²) in [5.74, 6) is -0.624. The van der Waals surface area contributed by atoms with Crippen LogP contribution in [0.5, 0.6) is 5.75 Å². The number of aliphatic hydroxyl groups excluding tert-OH is 2. The largest absolute Gasteiger partial charge is 0.496 e. The lowest BCUT2D eigenvalue weighted by Gasteiger charge is -2.19. The fraction of sp³-hybridized carbons (Fsp3) is 0.462. The monoisotopic (exact) mass is 295 g/mol. The number of nitrogens with zero attached hydrogens (tertiary/aromatic N) is 3. The molecule has 1 aromatic rings. The first-order chi connectivity index (χ1) is 9.99. The zero-order chi connectivity index (χ0) is 15.8. The van der Waals surface area contributed by atoms with Gasteiger partial charge < -0.3 is 20.1 Å². The van der Waals surface area contributed by atoms with Crippen molar-refractivity contribution in [3.63, 3.8) is 0 Å². The second kappa shape index (κ2) is 8.11. The van der Waals surface area contributed by atoms with Crippen LogP contribution in [0.4, 0.5) is 0 Å². The first-order valence-electron chi connectivity index (χ1n) is 6.25. The van der Waals surface area contributed by atoms with Crippen LogP contribution in [0.15, 0.2) is 23.3 Å². The highest BCUT2D eigenvalue weighted by atomic mass is 16.5. The molecule has 2 atom stereocenters. The van der Waals surface area contributed by atoms with Crippen molar-refractivity contribution in [3.05, 3.63) is 39.8 Å². The van der Waals surface area contributed by atoms with Crippen LogP contribution in [-0.4, -0.2) is 41.0 Å². The van der Waals surface area contributed by atoms with Crippen LogP contribution in [0.2, 0.25) is 0 Å². The predicted molar refractivity (Wildman–Crippen MR) is 73.9 cm³/mol. The van der Waals surface area contributed by atoms with Crippen LogP contribution >= 0.6 is 0 Å². The number of hydrogen-bond donors (Lipinski definition) is 3. The van der Waals surface area contributed by atoms with E-state index in [9.17, 15) is 15.0 Å². The van der Waals surface area contributed by atoms with E-state index in [0.717, 1.165) is 0 Å². The molecule has 8 nitrogen and oxygen atoms in total. The minimum absolute atomic E-state index is 0.0624. The third-order valence-corrected chi connectivity index (χ3v) is 2.94. The number of carbonyl (C=O) groups is 1. The van der Waals surface area contributed by atoms with E-state index in [1.54, 1.807) is 6.07 Å². The van der Waals surface area contributed by atoms with Gasteiger partial charge in [-0.1, -0.05) is 11.2 Å². The lowest BCUT2D eigenvalue weighted by atomic mass is 9.98. The highest BCUT2D eigenvalue weighted by molar-refractivity contribution is 5.71. The van der Waals surface area contributed by atoms with Gasteiger partial charge in [0, 0.05) is 17.0 Å². The van der Waals surface area contributed by atoms with Crippen molar-refractivity contribution in [1.29, 1.82) is 0 Å². The number of carboxylic acid groups (broad SMARTS) is 1. The fourth-order valence-electron chi connectivity index (χ4n) is 1.90. The summed E-state index contributed by atoms with van der Waals surface area (Å²) in [6.45, 7) is 0.0624. The molecule has 21 heavy (non-hydrogen) atoms. The van der Waals surface area contributed by atoms with Gasteiger partial charge in [0.1, 0.15) is 11.9 Å². The van der Waals surface area contributed by atoms with Gasteiger partial charge in [0.05, 0.1) is 19.6 Å². The van der Waals surface area contributed by atoms with E-state index in [0.29, 0.717) is 16.9 Å². The van der Waals surface area contributed by atoms with Crippen LogP contribution in [0.3, 0.4) is 0 Å². The number of aliphatic carboxylic acids is 1. The third-order valence-electron chi connectivity index (χ3n) is 2.94. The van der Waals surface area contributed by atoms with Crippen LogP contribution in [0.25, 0.3) is 10.4 Å². The second-order valence-electron chi connectivity index (χ2n) is 4.40. The van der Waals surface area contributed by atoms with Crippen LogP contribution < -0.4 is 4.74 Å². The fourth-order valence-corrected chi connectivity index (χ4v) is 1.90. The number of azide groups is 1. The van der Waals surface area contributed by atoms with Gasteiger partial charge in [0.25, 0.3) is 0 Å². The molecule has 0 fully saturated rings. The average Bonchev–Trinajstić information content (AvgIpc) is 2.46. The predicted octanol–water partition coefficient (Wildman–Crippen LogP) is 1.42. The van der Waals surface area contributed by atoms with Gasteiger partial charge in [-0.3, -0.25) is 4.79 Å². The van der Waals surface area contributed by atoms with Gasteiger partial charge >= 0.3 is 5.97 Å². The number of benzene rings is 1. The lowest BCUT2D eigenvalue weighted by molar-refractivity contribution is -0.136. The molecule has 0 aromatic heterocycles. The number of aliphatic hydroxyl groups is 2. The Hall–Kier alpha value is -2.28. The zero-order valence-electron chi connectivity index (χ0n) is 11.5. The molecule has 0 radical (unpaired) electrons. The summed E-state index contributed by atoms with van der Waals surface area (Å²) in [6, 6.07) is 4.57. The van der Waals surface area contributed by atoms with E-state index in [2.05, 4.69) is 10.0 Å². The molecular weight excluding hydrogens is 278 g/mol. The van der Waals surface area contributed by atoms with Gasteiger partial charge in [0.2, 0.25) is 0 Å². The minimum atomic E-state index is -1.20. The Morgan fingerprint density at radius 3 is 2.76 bits per heavy atom. The smallest absolute Gasteiger partial charge is 0.307 e. The summed E-state index contributed by atoms with van der Waals surface area (Å²) in [4.78, 5) is 13.4. The average molecular weight is 295 g/mol. The van der Waals surface area contributed by atoms with Gasteiger partial charge in [-0.25, -0.2) is 0 Å². The quantitative estimate of drug-likeness (QED) is 0.378. The second-order valence-corrected chi connectivity index (χ2v) is 4.40. The molecule has 1 rings (SSSR count). The van der Waals surface area contributed by atoms with Crippen molar-refractivity contribution in [2.24, 2.45) is 5.11 Å². The first-order valence-corrected chi connectivity index (χ1v) is 6.25. The SMILES string of the molecule is COc1ccc(C(O)C(O)CCN=[N+]=[N-])cc1CC(=O)O. The topological polar surface area (TPSA) is 136 Å². The van der Waals surface area contributed by atoms with E-state index in [1.165, 1.54) is 19.2 Å². The Bertz CT molecular complexity index is 543. The van der Waals surface area contributed by atoms with Gasteiger partial charge in [-0.05, 0) is 29.6 Å². The molecule has 0 bridgehead atoms. The molecule has 0 saturated carbocycles. The molecule has 0 aliphatic rings. The molecule has 0 aliphatic carbocycles. The molecule has 0 heterocycles. The summed E-state index contributed by atoms with van der Waals surface area (Å²) in [7, 11) is 1.42. The highest BCUT2D eigenvalue weighted by Gasteiger charge is 2.19. The van der Waals surface area contributed by atoms with Crippen molar-refractivity contribution in [2.75, 3.05) is 13.7 Å². The van der Waals surface area contributed by atoms with Crippen molar-refractivity contribution < 1.29 is 24.9 Å². The van der Waals surface area contributed by atoms with Gasteiger partial charge in [-0.2, -0.15) is 0 Å². The number of methoxy groups -OCH3 is 1. The van der Waals surface area contributed by atoms with Gasteiger partial charge in [-0.15, -0.1) is 0 Å². The summed E-state index contributed by atoms with van der Waals surface area (Å²) in [5.41, 5.74) is 8.94. The third kappa shape index (κ3) is 4.96. The van der Waals surface area contributed by atoms with Crippen LogP contribution in [-0.2, 0) is 11.2 Å². The molecule has 0 amide bonds. The molecule has 0 aliphatic heterocycles. The molecule has 1 aromatic carbocycles. The Labute approximate surface area is 121 Å². The van der Waals surface area contributed by atoms with E-state index in [-0.39, 0.29) is 19.4 Å². The maximum atomic E-state index is 10.8. The Morgan fingerprint density at radius 1 is 1.48 bits per heavy atom. The Morgan fingerprint density at radius 2 is 2.19 bits per heavy atom. The van der Waals surface area contributed by atoms with E-state index in [1.807, 2.05) is 0 Å². The maximum absolute atomic E-state index is 10.8. The van der Waals surface area contributed by atoms with Gasteiger partial charge in [0.15, 0.2) is 0 Å². The number of rotatable bonds is 8. The molecule has 8 heteroatoms. The maximum Gasteiger partial charge on any atom is 0.307 e. The van der Waals surface area contributed by atoms with E-state index < -0.39 is 18.2 Å². The normalized spacial score (nSPS) is 13.1.